The van der Waals surface area contributed by atoms with Gasteiger partial charge in [0.1, 0.15) is 23.3 Å². The van der Waals surface area contributed by atoms with Crippen molar-refractivity contribution in [2.24, 2.45) is 5.90 Å². The summed E-state index contributed by atoms with van der Waals surface area (Å²) in [6.07, 6.45) is 1.47. The van der Waals surface area contributed by atoms with E-state index in [4.69, 9.17) is 29.4 Å². The number of ether oxygens (including phenoxy) is 4. The molecule has 3 rings (SSSR count). The van der Waals surface area contributed by atoms with E-state index in [0.717, 1.165) is 0 Å². The summed E-state index contributed by atoms with van der Waals surface area (Å²) in [6.45, 7) is 0. The Balaban J connectivity index is 2.15. The molecule has 0 saturated carbocycles. The lowest BCUT2D eigenvalue weighted by atomic mass is 9.99. The molecule has 0 atom stereocenters. The largest absolute Gasteiger partial charge is 0.496 e. The van der Waals surface area contributed by atoms with Crippen LogP contribution in [-0.2, 0) is 4.84 Å². The number of benzene rings is 2. The average molecular weight is 400 g/mol. The fourth-order valence-electron chi connectivity index (χ4n) is 2.97. The van der Waals surface area contributed by atoms with Crippen LogP contribution in [0.1, 0.15) is 10.4 Å². The van der Waals surface area contributed by atoms with Gasteiger partial charge in [0.25, 0.3) is 0 Å². The number of nitrogens with two attached hydrogens (primary N) is 1. The minimum absolute atomic E-state index is 0.171. The first-order valence-electron chi connectivity index (χ1n) is 8.42. The standard InChI is InChI=1S/C20H20N2O7/c1-24-15-6-5-11(7-13(15)20(23)29-21)14-10-28-22-18(14)12-8-16(25-2)19(27-4)17(9-12)26-3/h5-10H,21H2,1-4H3. The van der Waals surface area contributed by atoms with Crippen molar-refractivity contribution < 1.29 is 33.1 Å². The first-order valence-corrected chi connectivity index (χ1v) is 8.42. The number of methoxy groups -OCH3 is 4. The van der Waals surface area contributed by atoms with Gasteiger partial charge >= 0.3 is 5.97 Å². The topological polar surface area (TPSA) is 115 Å². The van der Waals surface area contributed by atoms with Crippen LogP contribution < -0.4 is 24.8 Å². The number of aromatic nitrogens is 1. The van der Waals surface area contributed by atoms with Crippen LogP contribution in [0.4, 0.5) is 0 Å². The van der Waals surface area contributed by atoms with Crippen molar-refractivity contribution in [1.29, 1.82) is 0 Å². The van der Waals surface area contributed by atoms with Gasteiger partial charge in [-0.2, -0.15) is 5.90 Å². The molecule has 9 nitrogen and oxygen atoms in total. The molecule has 0 aliphatic heterocycles. The molecule has 0 bridgehead atoms. The Kier molecular flexibility index (Phi) is 5.89. The molecular weight excluding hydrogens is 380 g/mol. The minimum Gasteiger partial charge on any atom is -0.496 e. The van der Waals surface area contributed by atoms with E-state index >= 15 is 0 Å². The van der Waals surface area contributed by atoms with E-state index in [0.29, 0.717) is 45.4 Å². The van der Waals surface area contributed by atoms with Crippen molar-refractivity contribution in [2.75, 3.05) is 28.4 Å². The molecule has 1 aromatic heterocycles. The van der Waals surface area contributed by atoms with Gasteiger partial charge < -0.3 is 28.3 Å². The van der Waals surface area contributed by atoms with E-state index in [2.05, 4.69) is 9.99 Å². The van der Waals surface area contributed by atoms with Crippen molar-refractivity contribution >= 4 is 5.97 Å². The molecular formula is C20H20N2O7. The van der Waals surface area contributed by atoms with Crippen LogP contribution in [0.3, 0.4) is 0 Å². The summed E-state index contributed by atoms with van der Waals surface area (Å²) >= 11 is 0. The molecule has 2 aromatic carbocycles. The number of hydrogen-bond acceptors (Lipinski definition) is 9. The van der Waals surface area contributed by atoms with Crippen molar-refractivity contribution in [3.05, 3.63) is 42.2 Å². The predicted molar refractivity (Wildman–Crippen MR) is 103 cm³/mol. The Bertz CT molecular complexity index is 1000. The summed E-state index contributed by atoms with van der Waals surface area (Å²) in [5, 5.41) is 4.11. The average Bonchev–Trinajstić information content (AvgIpc) is 3.26. The maximum atomic E-state index is 12.0. The molecule has 0 aliphatic rings. The van der Waals surface area contributed by atoms with Gasteiger partial charge in [-0.05, 0) is 29.8 Å². The first kappa shape index (κ1) is 20.0. The molecule has 0 spiro atoms. The van der Waals surface area contributed by atoms with Gasteiger partial charge in [-0.3, -0.25) is 0 Å². The van der Waals surface area contributed by atoms with E-state index in [1.54, 1.807) is 30.3 Å². The molecule has 3 aromatic rings. The smallest absolute Gasteiger partial charge is 0.360 e. The second-order valence-electron chi connectivity index (χ2n) is 5.81. The van der Waals surface area contributed by atoms with E-state index in [1.165, 1.54) is 34.7 Å². The maximum Gasteiger partial charge on any atom is 0.360 e. The Morgan fingerprint density at radius 1 is 0.897 bits per heavy atom. The number of nitrogens with zero attached hydrogens (tertiary/aromatic N) is 1. The third-order valence-corrected chi connectivity index (χ3v) is 4.35. The normalized spacial score (nSPS) is 10.4. The van der Waals surface area contributed by atoms with Crippen LogP contribution in [0.15, 0.2) is 41.1 Å². The second-order valence-corrected chi connectivity index (χ2v) is 5.81. The molecule has 0 fully saturated rings. The lowest BCUT2D eigenvalue weighted by Crippen LogP contribution is -2.11. The first-order chi connectivity index (χ1) is 14.1. The van der Waals surface area contributed by atoms with Gasteiger partial charge in [0.15, 0.2) is 11.5 Å². The van der Waals surface area contributed by atoms with Crippen LogP contribution in [0.5, 0.6) is 23.0 Å². The highest BCUT2D eigenvalue weighted by molar-refractivity contribution is 5.95. The van der Waals surface area contributed by atoms with E-state index in [9.17, 15) is 4.79 Å². The van der Waals surface area contributed by atoms with E-state index in [1.807, 2.05) is 0 Å². The number of carbonyl (C=O) groups is 1. The number of carbonyl (C=O) groups excluding carboxylic acids is 1. The van der Waals surface area contributed by atoms with Crippen LogP contribution in [0, 0.1) is 0 Å². The van der Waals surface area contributed by atoms with Gasteiger partial charge in [0.2, 0.25) is 5.75 Å². The lowest BCUT2D eigenvalue weighted by molar-refractivity contribution is 0.0500. The fourth-order valence-corrected chi connectivity index (χ4v) is 2.97. The molecule has 0 radical (unpaired) electrons. The van der Waals surface area contributed by atoms with Gasteiger partial charge in [0, 0.05) is 11.1 Å². The molecule has 2 N–H and O–H groups in total. The highest BCUT2D eigenvalue weighted by Crippen LogP contribution is 2.43. The summed E-state index contributed by atoms with van der Waals surface area (Å²) in [6, 6.07) is 8.48. The third kappa shape index (κ3) is 3.67. The summed E-state index contributed by atoms with van der Waals surface area (Å²) < 4.78 is 26.6. The Hall–Kier alpha value is -3.72. The zero-order valence-corrected chi connectivity index (χ0v) is 16.3. The fraction of sp³-hybridized carbons (Fsp3) is 0.200. The maximum absolute atomic E-state index is 12.0. The zero-order valence-electron chi connectivity index (χ0n) is 16.3. The summed E-state index contributed by atoms with van der Waals surface area (Å²) in [4.78, 5) is 16.3. The zero-order chi connectivity index (χ0) is 21.0. The van der Waals surface area contributed by atoms with Gasteiger partial charge in [-0.15, -0.1) is 0 Å². The highest BCUT2D eigenvalue weighted by atomic mass is 16.7. The van der Waals surface area contributed by atoms with Crippen molar-refractivity contribution in [2.45, 2.75) is 0 Å². The van der Waals surface area contributed by atoms with Crippen molar-refractivity contribution in [1.82, 2.24) is 5.16 Å². The van der Waals surface area contributed by atoms with Crippen molar-refractivity contribution in [3.63, 3.8) is 0 Å². The Labute approximate surface area is 166 Å². The summed E-state index contributed by atoms with van der Waals surface area (Å²) in [7, 11) is 6.03. The molecule has 1 heterocycles. The van der Waals surface area contributed by atoms with Gasteiger partial charge in [-0.25, -0.2) is 4.79 Å². The van der Waals surface area contributed by atoms with Crippen LogP contribution >= 0.6 is 0 Å². The number of rotatable bonds is 7. The predicted octanol–water partition coefficient (Wildman–Crippen LogP) is 3.07. The molecule has 0 amide bonds. The Morgan fingerprint density at radius 2 is 1.55 bits per heavy atom. The lowest BCUT2D eigenvalue weighted by Gasteiger charge is -2.14. The minimum atomic E-state index is -0.727. The monoisotopic (exact) mass is 400 g/mol. The van der Waals surface area contributed by atoms with Gasteiger partial charge in [0.05, 0.1) is 28.4 Å². The quantitative estimate of drug-likeness (QED) is 0.597. The molecule has 0 saturated heterocycles. The van der Waals surface area contributed by atoms with E-state index in [-0.39, 0.29) is 5.56 Å². The molecule has 152 valence electrons. The summed E-state index contributed by atoms with van der Waals surface area (Å²) in [5.74, 6) is 6.03. The van der Waals surface area contributed by atoms with E-state index < -0.39 is 5.97 Å². The van der Waals surface area contributed by atoms with Crippen LogP contribution in [0.2, 0.25) is 0 Å². The molecule has 29 heavy (non-hydrogen) atoms. The van der Waals surface area contributed by atoms with Crippen molar-refractivity contribution in [3.8, 4) is 45.4 Å². The number of hydrogen-bond donors (Lipinski definition) is 1. The molecule has 0 unspecified atom stereocenters. The SMILES string of the molecule is COc1ccc(-c2conc2-c2cc(OC)c(OC)c(OC)c2)cc1C(=O)ON. The third-order valence-electron chi connectivity index (χ3n) is 4.35. The highest BCUT2D eigenvalue weighted by Gasteiger charge is 2.21. The van der Waals surface area contributed by atoms with Crippen LogP contribution in [-0.4, -0.2) is 39.6 Å². The van der Waals surface area contributed by atoms with Gasteiger partial charge in [-0.1, -0.05) is 11.2 Å². The Morgan fingerprint density at radius 3 is 2.10 bits per heavy atom. The second kappa shape index (κ2) is 8.53. The summed E-state index contributed by atoms with van der Waals surface area (Å²) in [5.41, 5.74) is 2.64. The molecule has 0 aliphatic carbocycles. The van der Waals surface area contributed by atoms with Crippen LogP contribution in [0.25, 0.3) is 22.4 Å². The molecule has 9 heteroatoms.